The summed E-state index contributed by atoms with van der Waals surface area (Å²) in [5.41, 5.74) is 8.42. The Bertz CT molecular complexity index is 1060. The molecular weight excluding hydrogens is 420 g/mol. The predicted octanol–water partition coefficient (Wildman–Crippen LogP) is 4.19. The summed E-state index contributed by atoms with van der Waals surface area (Å²) in [5, 5.41) is 14.1. The van der Waals surface area contributed by atoms with Crippen LogP contribution in [0, 0.1) is 12.8 Å². The number of benzene rings is 1. The second-order valence-corrected chi connectivity index (χ2v) is 8.73. The molecule has 0 amide bonds. The third-order valence-corrected chi connectivity index (χ3v) is 6.07. The lowest BCUT2D eigenvalue weighted by Crippen LogP contribution is -2.45. The Morgan fingerprint density at radius 1 is 1.21 bits per heavy atom. The van der Waals surface area contributed by atoms with Gasteiger partial charge >= 0.3 is 0 Å². The van der Waals surface area contributed by atoms with Gasteiger partial charge in [0.15, 0.2) is 5.82 Å². The minimum Gasteiger partial charge on any atom is -0.477 e. The predicted molar refractivity (Wildman–Crippen MR) is 124 cm³/mol. The van der Waals surface area contributed by atoms with Crippen LogP contribution in [0.3, 0.4) is 0 Å². The molecule has 1 aliphatic carbocycles. The highest BCUT2D eigenvalue weighted by molar-refractivity contribution is 5.59. The standard InChI is InChI=1S/C25H32N4O4/c1-3-25(26,30)32-21-12-10-18(15-17(21)2)11-13-22-28-24(33-29-22)20-9-6-14-27-23(20)31-16-19-7-4-5-8-19/h6,9-10,12,14-15,19,30H,3-5,7-8,11,13,16,26H2,1-2H3/t25-/m0/s1. The number of aromatic nitrogens is 3. The molecule has 0 bridgehead atoms. The molecule has 0 unspecified atom stereocenters. The highest BCUT2D eigenvalue weighted by Gasteiger charge is 2.22. The van der Waals surface area contributed by atoms with Crippen molar-refractivity contribution in [1.82, 2.24) is 15.1 Å². The highest BCUT2D eigenvalue weighted by atomic mass is 16.6. The van der Waals surface area contributed by atoms with Crippen molar-refractivity contribution in [3.05, 3.63) is 53.5 Å². The molecule has 1 aliphatic rings. The second kappa shape index (κ2) is 10.3. The molecule has 0 saturated heterocycles. The minimum absolute atomic E-state index is 0.290. The molecule has 0 aliphatic heterocycles. The SMILES string of the molecule is CC[C@](N)(O)Oc1ccc(CCc2noc(-c3cccnc3OCC3CCCC3)n2)cc1C. The molecule has 0 spiro atoms. The summed E-state index contributed by atoms with van der Waals surface area (Å²) < 4.78 is 17.0. The topological polar surface area (TPSA) is 117 Å². The van der Waals surface area contributed by atoms with Gasteiger partial charge in [-0.1, -0.05) is 37.1 Å². The first-order valence-corrected chi connectivity index (χ1v) is 11.6. The molecule has 3 N–H and O–H groups in total. The third kappa shape index (κ3) is 6.09. The number of hydrogen-bond donors (Lipinski definition) is 2. The molecule has 0 radical (unpaired) electrons. The number of hydrogen-bond acceptors (Lipinski definition) is 8. The van der Waals surface area contributed by atoms with Crippen molar-refractivity contribution in [3.63, 3.8) is 0 Å². The molecule has 176 valence electrons. The van der Waals surface area contributed by atoms with Crippen LogP contribution in [-0.2, 0) is 12.8 Å². The van der Waals surface area contributed by atoms with Gasteiger partial charge in [0.05, 0.1) is 6.61 Å². The summed E-state index contributed by atoms with van der Waals surface area (Å²) >= 11 is 0. The Hall–Kier alpha value is -2.97. The monoisotopic (exact) mass is 452 g/mol. The number of rotatable bonds is 10. The number of pyridine rings is 1. The van der Waals surface area contributed by atoms with Gasteiger partial charge in [0.2, 0.25) is 5.88 Å². The normalized spacial score (nSPS) is 16.0. The van der Waals surface area contributed by atoms with Gasteiger partial charge in [-0.25, -0.2) is 4.98 Å². The summed E-state index contributed by atoms with van der Waals surface area (Å²) in [7, 11) is 0. The van der Waals surface area contributed by atoms with Gasteiger partial charge < -0.3 is 19.1 Å². The molecule has 1 saturated carbocycles. The fourth-order valence-electron chi connectivity index (χ4n) is 4.01. The Labute approximate surface area is 194 Å². The van der Waals surface area contributed by atoms with Crippen molar-refractivity contribution in [2.45, 2.75) is 64.7 Å². The lowest BCUT2D eigenvalue weighted by Gasteiger charge is -2.23. The van der Waals surface area contributed by atoms with Gasteiger partial charge in [-0.15, -0.1) is 0 Å². The van der Waals surface area contributed by atoms with Crippen molar-refractivity contribution < 1.29 is 19.1 Å². The number of nitrogens with two attached hydrogens (primary N) is 1. The minimum atomic E-state index is -1.67. The van der Waals surface area contributed by atoms with E-state index in [1.807, 2.05) is 37.3 Å². The van der Waals surface area contributed by atoms with E-state index in [2.05, 4.69) is 15.1 Å². The molecule has 2 aromatic heterocycles. The number of nitrogens with zero attached hydrogens (tertiary/aromatic N) is 3. The third-order valence-electron chi connectivity index (χ3n) is 6.07. The van der Waals surface area contributed by atoms with Crippen molar-refractivity contribution >= 4 is 0 Å². The Kier molecular flexibility index (Phi) is 7.25. The average Bonchev–Trinajstić information content (AvgIpc) is 3.50. The van der Waals surface area contributed by atoms with Crippen LogP contribution in [0.15, 0.2) is 41.1 Å². The fourth-order valence-corrected chi connectivity index (χ4v) is 4.01. The molecule has 8 nitrogen and oxygen atoms in total. The highest BCUT2D eigenvalue weighted by Crippen LogP contribution is 2.30. The zero-order chi connectivity index (χ0) is 23.3. The van der Waals surface area contributed by atoms with E-state index in [0.29, 0.717) is 48.7 Å². The van der Waals surface area contributed by atoms with Crippen molar-refractivity contribution in [2.75, 3.05) is 6.61 Å². The van der Waals surface area contributed by atoms with E-state index < -0.39 is 5.91 Å². The lowest BCUT2D eigenvalue weighted by molar-refractivity contribution is -0.134. The molecule has 4 rings (SSSR count). The summed E-state index contributed by atoms with van der Waals surface area (Å²) in [5.74, 6) is 1.07. The van der Waals surface area contributed by atoms with Crippen LogP contribution in [0.4, 0.5) is 0 Å². The Morgan fingerprint density at radius 2 is 2.03 bits per heavy atom. The van der Waals surface area contributed by atoms with E-state index in [-0.39, 0.29) is 0 Å². The van der Waals surface area contributed by atoms with E-state index in [1.54, 1.807) is 13.1 Å². The van der Waals surface area contributed by atoms with E-state index in [0.717, 1.165) is 23.1 Å². The molecule has 1 atom stereocenters. The van der Waals surface area contributed by atoms with Crippen molar-refractivity contribution in [1.29, 1.82) is 0 Å². The largest absolute Gasteiger partial charge is 0.477 e. The van der Waals surface area contributed by atoms with Crippen LogP contribution in [-0.4, -0.2) is 32.7 Å². The van der Waals surface area contributed by atoms with E-state index in [9.17, 15) is 5.11 Å². The molecule has 33 heavy (non-hydrogen) atoms. The molecule has 1 fully saturated rings. The summed E-state index contributed by atoms with van der Waals surface area (Å²) in [6, 6.07) is 9.52. The smallest absolute Gasteiger partial charge is 0.265 e. The first-order valence-electron chi connectivity index (χ1n) is 11.6. The van der Waals surface area contributed by atoms with Crippen LogP contribution in [0.2, 0.25) is 0 Å². The van der Waals surface area contributed by atoms with Crippen molar-refractivity contribution in [2.24, 2.45) is 11.7 Å². The van der Waals surface area contributed by atoms with Crippen LogP contribution in [0.5, 0.6) is 11.6 Å². The molecule has 8 heteroatoms. The number of ether oxygens (including phenoxy) is 2. The van der Waals surface area contributed by atoms with Crippen LogP contribution in [0.1, 0.15) is 56.0 Å². The summed E-state index contributed by atoms with van der Waals surface area (Å²) in [4.78, 5) is 8.94. The number of aliphatic hydroxyl groups is 1. The van der Waals surface area contributed by atoms with Gasteiger partial charge in [0.1, 0.15) is 11.3 Å². The number of aryl methyl sites for hydroxylation is 3. The van der Waals surface area contributed by atoms with Gasteiger partial charge in [-0.3, -0.25) is 5.73 Å². The average molecular weight is 453 g/mol. The molecular formula is C25H32N4O4. The van der Waals surface area contributed by atoms with E-state index >= 15 is 0 Å². The van der Waals surface area contributed by atoms with E-state index in [1.165, 1.54) is 25.7 Å². The molecule has 3 aromatic rings. The summed E-state index contributed by atoms with van der Waals surface area (Å²) in [6.45, 7) is 4.36. The maximum absolute atomic E-state index is 9.94. The van der Waals surface area contributed by atoms with Gasteiger partial charge in [0, 0.05) is 19.0 Å². The van der Waals surface area contributed by atoms with Gasteiger partial charge in [-0.2, -0.15) is 4.98 Å². The molecule has 1 aromatic carbocycles. The summed E-state index contributed by atoms with van der Waals surface area (Å²) in [6.07, 6.45) is 8.34. The Morgan fingerprint density at radius 3 is 2.79 bits per heavy atom. The first-order chi connectivity index (χ1) is 15.9. The maximum atomic E-state index is 9.94. The molecule has 2 heterocycles. The Balaban J connectivity index is 1.38. The lowest BCUT2D eigenvalue weighted by atomic mass is 10.1. The van der Waals surface area contributed by atoms with Gasteiger partial charge in [-0.05, 0) is 61.4 Å². The van der Waals surface area contributed by atoms with Gasteiger partial charge in [0.25, 0.3) is 11.8 Å². The zero-order valence-electron chi connectivity index (χ0n) is 19.3. The maximum Gasteiger partial charge on any atom is 0.265 e. The fraction of sp³-hybridized carbons (Fsp3) is 0.480. The quantitative estimate of drug-likeness (QED) is 0.440. The van der Waals surface area contributed by atoms with Crippen LogP contribution >= 0.6 is 0 Å². The second-order valence-electron chi connectivity index (χ2n) is 8.73. The van der Waals surface area contributed by atoms with Crippen LogP contribution in [0.25, 0.3) is 11.5 Å². The van der Waals surface area contributed by atoms with Crippen LogP contribution < -0.4 is 15.2 Å². The van der Waals surface area contributed by atoms with E-state index in [4.69, 9.17) is 19.7 Å². The zero-order valence-corrected chi connectivity index (χ0v) is 19.3. The van der Waals surface area contributed by atoms with Crippen molar-refractivity contribution in [3.8, 4) is 23.1 Å². The first kappa shape index (κ1) is 23.2.